The fourth-order valence-electron chi connectivity index (χ4n) is 2.28. The van der Waals surface area contributed by atoms with Gasteiger partial charge in [0, 0.05) is 5.75 Å². The van der Waals surface area contributed by atoms with Crippen LogP contribution in [0.15, 0.2) is 8.68 Å². The first-order valence-corrected chi connectivity index (χ1v) is 8.91. The molecule has 1 heterocycles. The van der Waals surface area contributed by atoms with Gasteiger partial charge in [-0.05, 0) is 31.4 Å². The molecular formula is C11H16N4S3. The van der Waals surface area contributed by atoms with Crippen molar-refractivity contribution in [2.45, 2.75) is 39.9 Å². The molecule has 2 N–H and O–H groups in total. The Kier molecular flexibility index (Phi) is 4.90. The van der Waals surface area contributed by atoms with Crippen LogP contribution in [0, 0.1) is 17.2 Å². The van der Waals surface area contributed by atoms with Gasteiger partial charge < -0.3 is 5.73 Å². The molecule has 98 valence electrons. The number of nitrogens with zero attached hydrogens (tertiary/aromatic N) is 3. The highest BCUT2D eigenvalue weighted by Gasteiger charge is 2.39. The van der Waals surface area contributed by atoms with E-state index in [1.54, 1.807) is 34.9 Å². The average molecular weight is 300 g/mol. The van der Waals surface area contributed by atoms with Crippen LogP contribution < -0.4 is 5.73 Å². The second kappa shape index (κ2) is 6.24. The fourth-order valence-corrected chi connectivity index (χ4v) is 4.84. The first-order chi connectivity index (χ1) is 8.68. The second-order valence-corrected chi connectivity index (χ2v) is 7.79. The van der Waals surface area contributed by atoms with Crippen LogP contribution in [0.2, 0.25) is 0 Å². The molecule has 0 spiro atoms. The molecule has 0 bridgehead atoms. The highest BCUT2D eigenvalue weighted by molar-refractivity contribution is 8.02. The second-order valence-electron chi connectivity index (χ2n) is 4.42. The number of nitriles is 1. The summed E-state index contributed by atoms with van der Waals surface area (Å²) in [6.07, 6.45) is 5.99. The number of aromatic nitrogens is 2. The Hall–Kier alpha value is -0.290. The lowest BCUT2D eigenvalue weighted by atomic mass is 9.88. The van der Waals surface area contributed by atoms with Crippen LogP contribution in [-0.2, 0) is 0 Å². The van der Waals surface area contributed by atoms with Crippen molar-refractivity contribution in [2.75, 3.05) is 12.0 Å². The minimum Gasteiger partial charge on any atom is -0.313 e. The predicted molar refractivity (Wildman–Crippen MR) is 76.9 cm³/mol. The topological polar surface area (TPSA) is 75.6 Å². The number of hydrogen-bond acceptors (Lipinski definition) is 7. The van der Waals surface area contributed by atoms with Crippen LogP contribution in [0.4, 0.5) is 0 Å². The molecule has 4 nitrogen and oxygen atoms in total. The van der Waals surface area contributed by atoms with Crippen molar-refractivity contribution in [3.8, 4) is 6.07 Å². The Labute approximate surface area is 120 Å². The summed E-state index contributed by atoms with van der Waals surface area (Å²) in [7, 11) is 0. The van der Waals surface area contributed by atoms with Crippen LogP contribution in [0.3, 0.4) is 0 Å². The molecule has 1 aromatic rings. The van der Waals surface area contributed by atoms with Gasteiger partial charge in [0.15, 0.2) is 8.68 Å². The first kappa shape index (κ1) is 14.1. The predicted octanol–water partition coefficient (Wildman–Crippen LogP) is 2.76. The molecule has 1 aliphatic carbocycles. The van der Waals surface area contributed by atoms with E-state index in [1.807, 2.05) is 6.26 Å². The van der Waals surface area contributed by atoms with E-state index in [-0.39, 0.29) is 0 Å². The van der Waals surface area contributed by atoms with Crippen LogP contribution >= 0.6 is 34.9 Å². The molecule has 0 aliphatic heterocycles. The fraction of sp³-hybridized carbons (Fsp3) is 0.727. The maximum Gasteiger partial charge on any atom is 0.175 e. The summed E-state index contributed by atoms with van der Waals surface area (Å²) in [6.45, 7) is 0. The molecule has 0 radical (unpaired) electrons. The molecular weight excluding hydrogens is 284 g/mol. The lowest BCUT2D eigenvalue weighted by Crippen LogP contribution is -2.41. The van der Waals surface area contributed by atoms with Gasteiger partial charge in [0.1, 0.15) is 5.54 Å². The number of thioether (sulfide) groups is 2. The quantitative estimate of drug-likeness (QED) is 0.843. The monoisotopic (exact) mass is 300 g/mol. The summed E-state index contributed by atoms with van der Waals surface area (Å²) < 4.78 is 2.01. The minimum absolute atomic E-state index is 0.336. The van der Waals surface area contributed by atoms with Crippen molar-refractivity contribution in [3.05, 3.63) is 0 Å². The summed E-state index contributed by atoms with van der Waals surface area (Å²) >= 11 is 4.97. The van der Waals surface area contributed by atoms with Gasteiger partial charge in [-0.15, -0.1) is 10.2 Å². The van der Waals surface area contributed by atoms with E-state index >= 15 is 0 Å². The van der Waals surface area contributed by atoms with E-state index in [0.29, 0.717) is 5.92 Å². The van der Waals surface area contributed by atoms with Gasteiger partial charge in [-0.2, -0.15) is 5.26 Å². The van der Waals surface area contributed by atoms with E-state index in [0.717, 1.165) is 40.1 Å². The molecule has 1 saturated carbocycles. The van der Waals surface area contributed by atoms with Crippen molar-refractivity contribution in [2.24, 2.45) is 11.7 Å². The van der Waals surface area contributed by atoms with E-state index in [1.165, 1.54) is 0 Å². The van der Waals surface area contributed by atoms with Crippen LogP contribution in [0.25, 0.3) is 0 Å². The molecule has 1 fully saturated rings. The normalized spacial score (nSPS) is 27.3. The molecule has 2 atom stereocenters. The summed E-state index contributed by atoms with van der Waals surface area (Å²) in [4.78, 5) is 0. The lowest BCUT2D eigenvalue weighted by molar-refractivity contribution is 0.389. The van der Waals surface area contributed by atoms with Crippen molar-refractivity contribution < 1.29 is 0 Å². The van der Waals surface area contributed by atoms with Gasteiger partial charge in [0.2, 0.25) is 0 Å². The molecule has 1 aromatic heterocycles. The average Bonchev–Trinajstić information content (AvgIpc) is 2.98. The van der Waals surface area contributed by atoms with Gasteiger partial charge >= 0.3 is 0 Å². The van der Waals surface area contributed by atoms with E-state index < -0.39 is 5.54 Å². The van der Waals surface area contributed by atoms with Crippen molar-refractivity contribution in [1.29, 1.82) is 5.26 Å². The van der Waals surface area contributed by atoms with Gasteiger partial charge in [-0.1, -0.05) is 41.3 Å². The maximum absolute atomic E-state index is 9.14. The third kappa shape index (κ3) is 3.18. The van der Waals surface area contributed by atoms with Crippen LogP contribution in [0.1, 0.15) is 25.7 Å². The Morgan fingerprint density at radius 1 is 1.56 bits per heavy atom. The smallest absolute Gasteiger partial charge is 0.175 e. The first-order valence-electron chi connectivity index (χ1n) is 5.88. The van der Waals surface area contributed by atoms with Crippen molar-refractivity contribution >= 4 is 34.9 Å². The Bertz CT molecular complexity index is 442. The molecule has 1 aliphatic rings. The van der Waals surface area contributed by atoms with Gasteiger partial charge in [0.25, 0.3) is 0 Å². The summed E-state index contributed by atoms with van der Waals surface area (Å²) in [5, 5.41) is 17.3. The van der Waals surface area contributed by atoms with Gasteiger partial charge in [0.05, 0.1) is 6.07 Å². The molecule has 2 rings (SSSR count). The Balaban J connectivity index is 1.80. The number of hydrogen-bond donors (Lipinski definition) is 1. The zero-order chi connectivity index (χ0) is 13.0. The van der Waals surface area contributed by atoms with Crippen molar-refractivity contribution in [1.82, 2.24) is 10.2 Å². The highest BCUT2D eigenvalue weighted by atomic mass is 32.2. The number of rotatable bonds is 5. The van der Waals surface area contributed by atoms with E-state index in [9.17, 15) is 0 Å². The van der Waals surface area contributed by atoms with E-state index in [2.05, 4.69) is 16.3 Å². The molecule has 0 aromatic carbocycles. The zero-order valence-corrected chi connectivity index (χ0v) is 12.7. The summed E-state index contributed by atoms with van der Waals surface area (Å²) in [5.74, 6) is 1.30. The van der Waals surface area contributed by atoms with Crippen LogP contribution in [-0.4, -0.2) is 27.7 Å². The third-order valence-corrected chi connectivity index (χ3v) is 6.40. The molecule has 2 unspecified atom stereocenters. The largest absolute Gasteiger partial charge is 0.313 e. The zero-order valence-electron chi connectivity index (χ0n) is 10.3. The lowest BCUT2D eigenvalue weighted by Gasteiger charge is -2.23. The SMILES string of the molecule is CSc1nnc(SCCC2CCCC2(N)C#N)s1. The molecule has 0 amide bonds. The van der Waals surface area contributed by atoms with Gasteiger partial charge in [-0.25, -0.2) is 0 Å². The maximum atomic E-state index is 9.14. The number of nitrogens with two attached hydrogens (primary N) is 1. The third-order valence-electron chi connectivity index (χ3n) is 3.33. The Morgan fingerprint density at radius 3 is 3.00 bits per heavy atom. The molecule has 18 heavy (non-hydrogen) atoms. The molecule has 0 saturated heterocycles. The van der Waals surface area contributed by atoms with Gasteiger partial charge in [-0.3, -0.25) is 0 Å². The minimum atomic E-state index is -0.591. The van der Waals surface area contributed by atoms with Crippen molar-refractivity contribution in [3.63, 3.8) is 0 Å². The van der Waals surface area contributed by atoms with E-state index in [4.69, 9.17) is 11.0 Å². The standard InChI is InChI=1S/C11H16N4S3/c1-16-9-14-15-10(18-9)17-6-4-8-3-2-5-11(8,13)7-12/h8H,2-6,13H2,1H3. The van der Waals surface area contributed by atoms with Crippen LogP contribution in [0.5, 0.6) is 0 Å². The summed E-state index contributed by atoms with van der Waals surface area (Å²) in [6, 6.07) is 2.29. The summed E-state index contributed by atoms with van der Waals surface area (Å²) in [5.41, 5.74) is 5.52. The Morgan fingerprint density at radius 2 is 2.33 bits per heavy atom. The molecule has 7 heteroatoms. The highest BCUT2D eigenvalue weighted by Crippen LogP contribution is 2.37.